The van der Waals surface area contributed by atoms with Gasteiger partial charge in [-0.1, -0.05) is 24.3 Å². The van der Waals surface area contributed by atoms with Crippen LogP contribution in [0.5, 0.6) is 11.5 Å². The molecule has 0 spiro atoms. The van der Waals surface area contributed by atoms with Crippen molar-refractivity contribution in [3.05, 3.63) is 60.2 Å². The highest BCUT2D eigenvalue weighted by atomic mass is 16.5. The van der Waals surface area contributed by atoms with Crippen LogP contribution in [0, 0.1) is 0 Å². The number of carbonyl (C=O) groups excluding carboxylic acids is 2. The van der Waals surface area contributed by atoms with E-state index in [1.54, 1.807) is 29.2 Å². The van der Waals surface area contributed by atoms with Gasteiger partial charge in [-0.05, 0) is 56.5 Å². The highest BCUT2D eigenvalue weighted by Crippen LogP contribution is 2.22. The molecule has 5 heteroatoms. The van der Waals surface area contributed by atoms with Crippen molar-refractivity contribution < 1.29 is 19.1 Å². The SMILES string of the molecule is CC1CCCCN1C(=O)COC(=O)c1cccc(Oc2ccccc2)c1. The fraction of sp³-hybridized carbons (Fsp3) is 0.333. The predicted molar refractivity (Wildman–Crippen MR) is 98.3 cm³/mol. The normalized spacial score (nSPS) is 16.8. The molecule has 0 radical (unpaired) electrons. The molecule has 0 saturated carbocycles. The molecule has 1 amide bonds. The van der Waals surface area contributed by atoms with Crippen LogP contribution in [-0.4, -0.2) is 36.0 Å². The van der Waals surface area contributed by atoms with E-state index in [1.807, 2.05) is 37.3 Å². The van der Waals surface area contributed by atoms with Crippen LogP contribution in [0.1, 0.15) is 36.5 Å². The summed E-state index contributed by atoms with van der Waals surface area (Å²) >= 11 is 0. The Balaban J connectivity index is 1.57. The molecule has 0 aromatic heterocycles. The van der Waals surface area contributed by atoms with Crippen molar-refractivity contribution in [2.45, 2.75) is 32.2 Å². The van der Waals surface area contributed by atoms with Crippen LogP contribution in [0.3, 0.4) is 0 Å². The molecule has 0 N–H and O–H groups in total. The maximum atomic E-state index is 12.3. The van der Waals surface area contributed by atoms with E-state index in [0.29, 0.717) is 17.1 Å². The lowest BCUT2D eigenvalue weighted by molar-refractivity contribution is -0.137. The molecule has 1 fully saturated rings. The van der Waals surface area contributed by atoms with Crippen LogP contribution in [0.2, 0.25) is 0 Å². The number of amides is 1. The van der Waals surface area contributed by atoms with Crippen LogP contribution in [0.15, 0.2) is 54.6 Å². The molecule has 1 unspecified atom stereocenters. The van der Waals surface area contributed by atoms with Crippen molar-refractivity contribution in [2.24, 2.45) is 0 Å². The number of para-hydroxylation sites is 1. The monoisotopic (exact) mass is 353 g/mol. The van der Waals surface area contributed by atoms with Gasteiger partial charge in [0, 0.05) is 12.6 Å². The summed E-state index contributed by atoms with van der Waals surface area (Å²) in [5, 5.41) is 0. The lowest BCUT2D eigenvalue weighted by atomic mass is 10.0. The van der Waals surface area contributed by atoms with Crippen LogP contribution in [-0.2, 0) is 9.53 Å². The molecule has 1 saturated heterocycles. The third-order valence-electron chi connectivity index (χ3n) is 4.50. The Morgan fingerprint density at radius 3 is 2.58 bits per heavy atom. The molecular formula is C21H23NO4. The summed E-state index contributed by atoms with van der Waals surface area (Å²) in [6.45, 7) is 2.54. The fourth-order valence-electron chi connectivity index (χ4n) is 3.07. The number of carbonyl (C=O) groups is 2. The molecule has 5 nitrogen and oxygen atoms in total. The number of hydrogen-bond acceptors (Lipinski definition) is 4. The zero-order valence-corrected chi connectivity index (χ0v) is 14.9. The molecule has 0 aliphatic carbocycles. The predicted octanol–water partition coefficient (Wildman–Crippen LogP) is 4.04. The van der Waals surface area contributed by atoms with Gasteiger partial charge < -0.3 is 14.4 Å². The standard InChI is InChI=1S/C21H23NO4/c1-16-8-5-6-13-22(16)20(23)15-25-21(24)17-9-7-12-19(14-17)26-18-10-3-2-4-11-18/h2-4,7,9-12,14,16H,5-6,8,13,15H2,1H3. The van der Waals surface area contributed by atoms with Crippen LogP contribution >= 0.6 is 0 Å². The first-order valence-corrected chi connectivity index (χ1v) is 8.93. The molecule has 26 heavy (non-hydrogen) atoms. The molecule has 1 aliphatic heterocycles. The number of esters is 1. The minimum absolute atomic E-state index is 0.137. The van der Waals surface area contributed by atoms with E-state index in [2.05, 4.69) is 0 Å². The largest absolute Gasteiger partial charge is 0.457 e. The Morgan fingerprint density at radius 1 is 1.04 bits per heavy atom. The van der Waals surface area contributed by atoms with Gasteiger partial charge in [0.15, 0.2) is 6.61 Å². The Hall–Kier alpha value is -2.82. The molecule has 2 aromatic rings. The number of piperidine rings is 1. The molecular weight excluding hydrogens is 330 g/mol. The van der Waals surface area contributed by atoms with Gasteiger partial charge in [0.25, 0.3) is 5.91 Å². The van der Waals surface area contributed by atoms with Crippen molar-refractivity contribution in [2.75, 3.05) is 13.2 Å². The summed E-state index contributed by atoms with van der Waals surface area (Å²) in [5.41, 5.74) is 0.359. The highest BCUT2D eigenvalue weighted by molar-refractivity contribution is 5.91. The third-order valence-corrected chi connectivity index (χ3v) is 4.50. The van der Waals surface area contributed by atoms with Crippen molar-refractivity contribution in [1.82, 2.24) is 4.90 Å². The van der Waals surface area contributed by atoms with Crippen molar-refractivity contribution in [3.63, 3.8) is 0 Å². The second-order valence-electron chi connectivity index (χ2n) is 6.45. The van der Waals surface area contributed by atoms with E-state index in [4.69, 9.17) is 9.47 Å². The van der Waals surface area contributed by atoms with E-state index in [-0.39, 0.29) is 18.6 Å². The van der Waals surface area contributed by atoms with Gasteiger partial charge in [0.2, 0.25) is 0 Å². The third kappa shape index (κ3) is 4.63. The number of rotatable bonds is 5. The first-order chi connectivity index (χ1) is 12.6. The number of ether oxygens (including phenoxy) is 2. The quantitative estimate of drug-likeness (QED) is 0.762. The minimum Gasteiger partial charge on any atom is -0.457 e. The van der Waals surface area contributed by atoms with Gasteiger partial charge in [-0.2, -0.15) is 0 Å². The first-order valence-electron chi connectivity index (χ1n) is 8.93. The molecule has 1 heterocycles. The van der Waals surface area contributed by atoms with E-state index in [9.17, 15) is 9.59 Å². The van der Waals surface area contributed by atoms with Crippen molar-refractivity contribution in [1.29, 1.82) is 0 Å². The van der Waals surface area contributed by atoms with Crippen LogP contribution < -0.4 is 4.74 Å². The average molecular weight is 353 g/mol. The fourth-order valence-corrected chi connectivity index (χ4v) is 3.07. The van der Waals surface area contributed by atoms with E-state index in [1.165, 1.54) is 0 Å². The lowest BCUT2D eigenvalue weighted by Gasteiger charge is -2.33. The second-order valence-corrected chi connectivity index (χ2v) is 6.45. The number of likely N-dealkylation sites (tertiary alicyclic amines) is 1. The van der Waals surface area contributed by atoms with E-state index < -0.39 is 5.97 Å². The van der Waals surface area contributed by atoms with Gasteiger partial charge in [-0.15, -0.1) is 0 Å². The van der Waals surface area contributed by atoms with Gasteiger partial charge in [0.1, 0.15) is 11.5 Å². The maximum absolute atomic E-state index is 12.3. The second kappa shape index (κ2) is 8.52. The first kappa shape index (κ1) is 18.0. The Bertz CT molecular complexity index is 760. The zero-order chi connectivity index (χ0) is 18.4. The van der Waals surface area contributed by atoms with Crippen molar-refractivity contribution >= 4 is 11.9 Å². The molecule has 0 bridgehead atoms. The number of benzene rings is 2. The summed E-state index contributed by atoms with van der Waals surface area (Å²) < 4.78 is 10.9. The van der Waals surface area contributed by atoms with Gasteiger partial charge in [0.05, 0.1) is 5.56 Å². The summed E-state index contributed by atoms with van der Waals surface area (Å²) in [6.07, 6.45) is 3.14. The van der Waals surface area contributed by atoms with E-state index in [0.717, 1.165) is 25.8 Å². The Labute approximate surface area is 153 Å². The van der Waals surface area contributed by atoms with Crippen LogP contribution in [0.4, 0.5) is 0 Å². The molecule has 1 aliphatic rings. The highest BCUT2D eigenvalue weighted by Gasteiger charge is 2.24. The van der Waals surface area contributed by atoms with Gasteiger partial charge in [-0.3, -0.25) is 4.79 Å². The summed E-state index contributed by atoms with van der Waals surface area (Å²) in [4.78, 5) is 26.3. The van der Waals surface area contributed by atoms with Gasteiger partial charge >= 0.3 is 5.97 Å². The number of nitrogens with zero attached hydrogens (tertiary/aromatic N) is 1. The zero-order valence-electron chi connectivity index (χ0n) is 14.9. The summed E-state index contributed by atoms with van der Waals surface area (Å²) in [5.74, 6) is 0.567. The van der Waals surface area contributed by atoms with Crippen molar-refractivity contribution in [3.8, 4) is 11.5 Å². The smallest absolute Gasteiger partial charge is 0.338 e. The van der Waals surface area contributed by atoms with Gasteiger partial charge in [-0.25, -0.2) is 4.79 Å². The molecule has 3 rings (SSSR count). The topological polar surface area (TPSA) is 55.8 Å². The average Bonchev–Trinajstić information content (AvgIpc) is 2.67. The van der Waals surface area contributed by atoms with E-state index >= 15 is 0 Å². The summed E-state index contributed by atoms with van der Waals surface area (Å²) in [6, 6.07) is 16.3. The maximum Gasteiger partial charge on any atom is 0.338 e. The minimum atomic E-state index is -0.526. The number of hydrogen-bond donors (Lipinski definition) is 0. The molecule has 136 valence electrons. The van der Waals surface area contributed by atoms with Crippen LogP contribution in [0.25, 0.3) is 0 Å². The molecule has 2 aromatic carbocycles. The Kier molecular flexibility index (Phi) is 5.89. The Morgan fingerprint density at radius 2 is 1.81 bits per heavy atom. The lowest BCUT2D eigenvalue weighted by Crippen LogP contribution is -2.44. The molecule has 1 atom stereocenters. The summed E-state index contributed by atoms with van der Waals surface area (Å²) in [7, 11) is 0.